The summed E-state index contributed by atoms with van der Waals surface area (Å²) in [6, 6.07) is 11.8. The van der Waals surface area contributed by atoms with Crippen molar-refractivity contribution in [2.45, 2.75) is 20.8 Å². The molecule has 0 aliphatic heterocycles. The van der Waals surface area contributed by atoms with Gasteiger partial charge in [0.2, 0.25) is 0 Å². The summed E-state index contributed by atoms with van der Waals surface area (Å²) in [5, 5.41) is 9.36. The van der Waals surface area contributed by atoms with Crippen molar-refractivity contribution in [3.05, 3.63) is 53.7 Å². The Kier molecular flexibility index (Phi) is 4.70. The van der Waals surface area contributed by atoms with Crippen molar-refractivity contribution in [2.75, 3.05) is 19.5 Å². The largest absolute Gasteiger partial charge is 0.497 e. The first kappa shape index (κ1) is 19.9. The molecule has 5 rings (SSSR count). The molecule has 0 amide bonds. The van der Waals surface area contributed by atoms with Crippen molar-refractivity contribution in [3.63, 3.8) is 0 Å². The highest BCUT2D eigenvalue weighted by Crippen LogP contribution is 2.41. The fourth-order valence-electron chi connectivity index (χ4n) is 4.10. The lowest BCUT2D eigenvalue weighted by Crippen LogP contribution is -1.98. The van der Waals surface area contributed by atoms with E-state index in [1.165, 1.54) is 0 Å². The van der Waals surface area contributed by atoms with Crippen LogP contribution in [0.25, 0.3) is 33.1 Å². The van der Waals surface area contributed by atoms with Gasteiger partial charge in [-0.05, 0) is 45.0 Å². The molecule has 8 heteroatoms. The summed E-state index contributed by atoms with van der Waals surface area (Å²) < 4.78 is 16.5. The number of H-pyrrole nitrogens is 1. The molecule has 8 nitrogen and oxygen atoms in total. The third-order valence-electron chi connectivity index (χ3n) is 5.52. The van der Waals surface area contributed by atoms with Crippen LogP contribution in [0.4, 0.5) is 11.5 Å². The molecule has 0 fully saturated rings. The molecule has 0 radical (unpaired) electrons. The number of aryl methyl sites for hydroxylation is 3. The van der Waals surface area contributed by atoms with Crippen molar-refractivity contribution in [1.82, 2.24) is 20.1 Å². The normalized spacial score (nSPS) is 11.3. The lowest BCUT2D eigenvalue weighted by molar-refractivity contribution is 0.393. The Bertz CT molecular complexity index is 1450. The van der Waals surface area contributed by atoms with Crippen LogP contribution in [0.1, 0.15) is 17.3 Å². The van der Waals surface area contributed by atoms with E-state index in [0.717, 1.165) is 61.7 Å². The topological polar surface area (TPSA) is 98.1 Å². The fourth-order valence-corrected chi connectivity index (χ4v) is 4.10. The van der Waals surface area contributed by atoms with Gasteiger partial charge >= 0.3 is 0 Å². The van der Waals surface area contributed by atoms with Crippen LogP contribution in [0.15, 0.2) is 40.9 Å². The van der Waals surface area contributed by atoms with Gasteiger partial charge in [0.1, 0.15) is 34.5 Å². The number of rotatable bonds is 5. The minimum atomic E-state index is 0.660. The molecule has 0 saturated heterocycles. The smallest absolute Gasteiger partial charge is 0.144 e. The molecule has 162 valence electrons. The second-order valence-corrected chi connectivity index (χ2v) is 7.62. The Morgan fingerprint density at radius 2 is 1.84 bits per heavy atom. The Balaban J connectivity index is 1.73. The van der Waals surface area contributed by atoms with Gasteiger partial charge in [-0.2, -0.15) is 0 Å². The molecule has 0 atom stereocenters. The molecule has 2 aromatic carbocycles. The van der Waals surface area contributed by atoms with Gasteiger partial charge < -0.3 is 24.3 Å². The predicted molar refractivity (Wildman–Crippen MR) is 124 cm³/mol. The van der Waals surface area contributed by atoms with Gasteiger partial charge in [0, 0.05) is 28.2 Å². The van der Waals surface area contributed by atoms with E-state index in [1.807, 2.05) is 57.2 Å². The number of hydrogen-bond donors (Lipinski definition) is 2. The Hall–Kier alpha value is -4.07. The van der Waals surface area contributed by atoms with Crippen molar-refractivity contribution < 1.29 is 14.0 Å². The predicted octanol–water partition coefficient (Wildman–Crippen LogP) is 5.45. The number of aromatic nitrogens is 4. The number of fused-ring (bicyclic) bond motifs is 3. The minimum Gasteiger partial charge on any atom is -0.497 e. The van der Waals surface area contributed by atoms with Gasteiger partial charge in [0.15, 0.2) is 0 Å². The molecule has 0 spiro atoms. The van der Waals surface area contributed by atoms with Gasteiger partial charge in [-0.25, -0.2) is 9.97 Å². The fraction of sp³-hybridized carbons (Fsp3) is 0.208. The lowest BCUT2D eigenvalue weighted by Gasteiger charge is -2.11. The van der Waals surface area contributed by atoms with Gasteiger partial charge in [-0.3, -0.25) is 0 Å². The van der Waals surface area contributed by atoms with Crippen LogP contribution in [0, 0.1) is 20.8 Å². The summed E-state index contributed by atoms with van der Waals surface area (Å²) in [6.07, 6.45) is 0. The van der Waals surface area contributed by atoms with Crippen LogP contribution >= 0.6 is 0 Å². The van der Waals surface area contributed by atoms with Crippen molar-refractivity contribution in [1.29, 1.82) is 0 Å². The molecule has 0 aliphatic rings. The summed E-state index contributed by atoms with van der Waals surface area (Å²) in [5.74, 6) is 3.60. The first-order valence-electron chi connectivity index (χ1n) is 10.2. The van der Waals surface area contributed by atoms with Crippen LogP contribution in [-0.4, -0.2) is 34.3 Å². The van der Waals surface area contributed by atoms with E-state index in [9.17, 15) is 0 Å². The van der Waals surface area contributed by atoms with Crippen LogP contribution in [0.2, 0.25) is 0 Å². The van der Waals surface area contributed by atoms with E-state index in [2.05, 4.69) is 25.4 Å². The molecule has 0 saturated carbocycles. The van der Waals surface area contributed by atoms with Crippen LogP contribution < -0.4 is 14.8 Å². The number of aromatic amines is 1. The second kappa shape index (κ2) is 7.56. The molecule has 5 aromatic rings. The number of hydrogen-bond acceptors (Lipinski definition) is 7. The molecule has 3 heterocycles. The SMILES string of the molecule is COc1cccc(Nc2nc(C)nc3[nH]c4cc(-c5c(C)noc5C)c(OC)cc4c23)c1. The van der Waals surface area contributed by atoms with Gasteiger partial charge in [-0.15, -0.1) is 0 Å². The molecule has 0 aliphatic carbocycles. The average Bonchev–Trinajstić information content (AvgIpc) is 3.30. The van der Waals surface area contributed by atoms with Crippen molar-refractivity contribution >= 4 is 33.4 Å². The van der Waals surface area contributed by atoms with E-state index in [1.54, 1.807) is 14.2 Å². The molecular formula is C24H23N5O3. The molecule has 0 unspecified atom stereocenters. The number of ether oxygens (including phenoxy) is 2. The van der Waals surface area contributed by atoms with Crippen LogP contribution in [-0.2, 0) is 0 Å². The zero-order valence-electron chi connectivity index (χ0n) is 18.5. The van der Waals surface area contributed by atoms with E-state index in [-0.39, 0.29) is 0 Å². The Morgan fingerprint density at radius 1 is 1.00 bits per heavy atom. The zero-order valence-corrected chi connectivity index (χ0v) is 18.5. The lowest BCUT2D eigenvalue weighted by atomic mass is 10.0. The molecule has 0 bridgehead atoms. The van der Waals surface area contributed by atoms with Gasteiger partial charge in [0.05, 0.1) is 30.9 Å². The van der Waals surface area contributed by atoms with E-state index < -0.39 is 0 Å². The number of nitrogens with zero attached hydrogens (tertiary/aromatic N) is 3. The highest BCUT2D eigenvalue weighted by atomic mass is 16.5. The maximum absolute atomic E-state index is 5.76. The molecule has 32 heavy (non-hydrogen) atoms. The highest BCUT2D eigenvalue weighted by molar-refractivity contribution is 6.13. The maximum atomic E-state index is 5.76. The Labute approximate surface area is 184 Å². The maximum Gasteiger partial charge on any atom is 0.144 e. The van der Waals surface area contributed by atoms with Crippen molar-refractivity contribution in [3.8, 4) is 22.6 Å². The summed E-state index contributed by atoms with van der Waals surface area (Å²) in [5.41, 5.74) is 5.19. The summed E-state index contributed by atoms with van der Waals surface area (Å²) in [6.45, 7) is 5.69. The monoisotopic (exact) mass is 429 g/mol. The van der Waals surface area contributed by atoms with Gasteiger partial charge in [-0.1, -0.05) is 11.2 Å². The summed E-state index contributed by atoms with van der Waals surface area (Å²) in [4.78, 5) is 12.7. The van der Waals surface area contributed by atoms with E-state index in [0.29, 0.717) is 11.6 Å². The second-order valence-electron chi connectivity index (χ2n) is 7.62. The third kappa shape index (κ3) is 3.20. The standard InChI is InChI=1S/C24H23N5O3/c1-12-21(13(2)32-29-12)18-10-19-17(11-20(18)31-5)22-23(25-14(3)26-24(22)28-19)27-15-7-6-8-16(9-15)30-4/h6-11H,1-5H3,(H2,25,26,27,28). The number of methoxy groups -OCH3 is 2. The quantitative estimate of drug-likeness (QED) is 0.383. The number of benzene rings is 2. The van der Waals surface area contributed by atoms with E-state index in [4.69, 9.17) is 14.0 Å². The summed E-state index contributed by atoms with van der Waals surface area (Å²) >= 11 is 0. The average molecular weight is 429 g/mol. The number of anilines is 2. The van der Waals surface area contributed by atoms with Crippen molar-refractivity contribution in [2.24, 2.45) is 0 Å². The Morgan fingerprint density at radius 3 is 2.56 bits per heavy atom. The third-order valence-corrected chi connectivity index (χ3v) is 5.52. The molecule has 3 aromatic heterocycles. The first-order valence-corrected chi connectivity index (χ1v) is 10.2. The van der Waals surface area contributed by atoms with E-state index >= 15 is 0 Å². The summed E-state index contributed by atoms with van der Waals surface area (Å²) in [7, 11) is 3.31. The zero-order chi connectivity index (χ0) is 22.4. The van der Waals surface area contributed by atoms with Gasteiger partial charge in [0.25, 0.3) is 0 Å². The highest BCUT2D eigenvalue weighted by Gasteiger charge is 2.20. The number of nitrogens with one attached hydrogen (secondary N) is 2. The molecular weight excluding hydrogens is 406 g/mol. The minimum absolute atomic E-state index is 0.660. The first-order chi connectivity index (χ1) is 15.5. The van der Waals surface area contributed by atoms with Crippen LogP contribution in [0.5, 0.6) is 11.5 Å². The van der Waals surface area contributed by atoms with Crippen LogP contribution in [0.3, 0.4) is 0 Å². The molecule has 2 N–H and O–H groups in total.